The topological polar surface area (TPSA) is 34.0 Å². The first-order valence-electron chi connectivity index (χ1n) is 7.44. The van der Waals surface area contributed by atoms with Crippen molar-refractivity contribution in [1.82, 2.24) is 19.9 Å². The van der Waals surface area contributed by atoms with Gasteiger partial charge in [-0.15, -0.1) is 5.10 Å². The van der Waals surface area contributed by atoms with Gasteiger partial charge in [0.25, 0.3) is 0 Å². The minimum atomic E-state index is 0.628. The Balaban J connectivity index is 1.24. The van der Waals surface area contributed by atoms with Gasteiger partial charge in [-0.05, 0) is 29.7 Å². The summed E-state index contributed by atoms with van der Waals surface area (Å²) in [6.45, 7) is 4.59. The van der Waals surface area contributed by atoms with E-state index in [1.807, 2.05) is 10.9 Å². The third kappa shape index (κ3) is 2.14. The zero-order valence-corrected chi connectivity index (χ0v) is 11.7. The van der Waals surface area contributed by atoms with Gasteiger partial charge in [-0.1, -0.05) is 35.5 Å². The lowest BCUT2D eigenvalue weighted by atomic mass is 9.56. The van der Waals surface area contributed by atoms with E-state index >= 15 is 0 Å². The highest BCUT2D eigenvalue weighted by molar-refractivity contribution is 5.25. The molecule has 0 N–H and O–H groups in total. The molecule has 4 nitrogen and oxygen atoms in total. The van der Waals surface area contributed by atoms with Crippen LogP contribution in [0.15, 0.2) is 42.7 Å². The minimum absolute atomic E-state index is 0.628. The second-order valence-electron chi connectivity index (χ2n) is 6.39. The molecular formula is C16H20N4. The van der Waals surface area contributed by atoms with E-state index in [-0.39, 0.29) is 0 Å². The monoisotopic (exact) mass is 268 g/mol. The molecule has 0 bridgehead atoms. The maximum Gasteiger partial charge on any atom is 0.0692 e. The average Bonchev–Trinajstić information content (AvgIpc) is 2.89. The first kappa shape index (κ1) is 12.1. The van der Waals surface area contributed by atoms with E-state index in [1.165, 1.54) is 31.5 Å². The molecule has 20 heavy (non-hydrogen) atoms. The van der Waals surface area contributed by atoms with Crippen molar-refractivity contribution in [2.24, 2.45) is 5.41 Å². The molecule has 104 valence electrons. The molecule has 4 rings (SSSR count). The zero-order valence-electron chi connectivity index (χ0n) is 11.7. The van der Waals surface area contributed by atoms with Crippen LogP contribution >= 0.6 is 0 Å². The molecule has 0 atom stereocenters. The second kappa shape index (κ2) is 4.70. The molecule has 2 aromatic rings. The number of hydrogen-bond donors (Lipinski definition) is 0. The number of aromatic nitrogens is 3. The highest BCUT2D eigenvalue weighted by Crippen LogP contribution is 2.55. The van der Waals surface area contributed by atoms with Crippen molar-refractivity contribution in [2.75, 3.05) is 19.6 Å². The Morgan fingerprint density at radius 3 is 2.60 bits per heavy atom. The summed E-state index contributed by atoms with van der Waals surface area (Å²) < 4.78 is 1.92. The lowest BCUT2D eigenvalue weighted by Gasteiger charge is -2.59. The largest absolute Gasteiger partial charge is 0.300 e. The highest BCUT2D eigenvalue weighted by atomic mass is 15.4. The summed E-state index contributed by atoms with van der Waals surface area (Å²) in [7, 11) is 0. The van der Waals surface area contributed by atoms with Gasteiger partial charge < -0.3 is 4.90 Å². The lowest BCUT2D eigenvalue weighted by molar-refractivity contribution is -0.0743. The molecule has 1 saturated heterocycles. The van der Waals surface area contributed by atoms with E-state index in [0.29, 0.717) is 5.41 Å². The maximum atomic E-state index is 4.01. The lowest BCUT2D eigenvalue weighted by Crippen LogP contribution is -2.61. The molecule has 4 heteroatoms. The van der Waals surface area contributed by atoms with E-state index in [2.05, 4.69) is 45.5 Å². The second-order valence-corrected chi connectivity index (χ2v) is 6.39. The summed E-state index contributed by atoms with van der Waals surface area (Å²) in [5.41, 5.74) is 2.15. The molecular weight excluding hydrogens is 248 g/mol. The Morgan fingerprint density at radius 2 is 1.90 bits per heavy atom. The van der Waals surface area contributed by atoms with Gasteiger partial charge in [-0.2, -0.15) is 0 Å². The van der Waals surface area contributed by atoms with E-state index in [9.17, 15) is 0 Å². The Kier molecular flexibility index (Phi) is 2.84. The fourth-order valence-electron chi connectivity index (χ4n) is 3.86. The summed E-state index contributed by atoms with van der Waals surface area (Å²) in [6, 6.07) is 11.0. The van der Waals surface area contributed by atoms with E-state index in [0.717, 1.165) is 19.0 Å². The van der Waals surface area contributed by atoms with Gasteiger partial charge in [0.05, 0.1) is 12.7 Å². The van der Waals surface area contributed by atoms with Gasteiger partial charge in [0.15, 0.2) is 0 Å². The SMILES string of the molecule is c1ccc(C2CC3(C2)CN(CCn2ccnn2)C3)cc1. The Morgan fingerprint density at radius 1 is 1.10 bits per heavy atom. The Hall–Kier alpha value is -1.68. The molecule has 0 unspecified atom stereocenters. The fraction of sp³-hybridized carbons (Fsp3) is 0.500. The molecule has 0 radical (unpaired) electrons. The van der Waals surface area contributed by atoms with Gasteiger partial charge >= 0.3 is 0 Å². The van der Waals surface area contributed by atoms with Crippen LogP contribution in [-0.4, -0.2) is 39.5 Å². The maximum absolute atomic E-state index is 4.01. The van der Waals surface area contributed by atoms with Gasteiger partial charge in [-0.25, -0.2) is 0 Å². The van der Waals surface area contributed by atoms with Gasteiger partial charge in [0.2, 0.25) is 0 Å². The van der Waals surface area contributed by atoms with Crippen LogP contribution in [0.4, 0.5) is 0 Å². The van der Waals surface area contributed by atoms with Crippen LogP contribution in [0.5, 0.6) is 0 Å². The van der Waals surface area contributed by atoms with Gasteiger partial charge in [-0.3, -0.25) is 4.68 Å². The Bertz CT molecular complexity index is 549. The third-order valence-electron chi connectivity index (χ3n) is 4.87. The summed E-state index contributed by atoms with van der Waals surface area (Å²) in [6.07, 6.45) is 6.42. The quantitative estimate of drug-likeness (QED) is 0.852. The molecule has 0 amide bonds. The summed E-state index contributed by atoms with van der Waals surface area (Å²) in [5, 5.41) is 7.85. The van der Waals surface area contributed by atoms with E-state index < -0.39 is 0 Å². The van der Waals surface area contributed by atoms with Crippen molar-refractivity contribution < 1.29 is 0 Å². The number of hydrogen-bond acceptors (Lipinski definition) is 3. The summed E-state index contributed by atoms with van der Waals surface area (Å²) in [5.74, 6) is 0.800. The molecule has 1 aliphatic carbocycles. The normalized spacial score (nSPS) is 21.6. The minimum Gasteiger partial charge on any atom is -0.300 e. The van der Waals surface area contributed by atoms with Crippen molar-refractivity contribution >= 4 is 0 Å². The molecule has 1 saturated carbocycles. The molecule has 1 aromatic carbocycles. The predicted octanol–water partition coefficient (Wildman–Crippen LogP) is 2.16. The van der Waals surface area contributed by atoms with Crippen LogP contribution in [-0.2, 0) is 6.54 Å². The summed E-state index contributed by atoms with van der Waals surface area (Å²) in [4.78, 5) is 2.54. The van der Waals surface area contributed by atoms with Crippen molar-refractivity contribution in [3.8, 4) is 0 Å². The number of rotatable bonds is 4. The van der Waals surface area contributed by atoms with Crippen LogP contribution < -0.4 is 0 Å². The van der Waals surface area contributed by atoms with Gasteiger partial charge in [0.1, 0.15) is 0 Å². The van der Waals surface area contributed by atoms with E-state index in [4.69, 9.17) is 0 Å². The van der Waals surface area contributed by atoms with Crippen LogP contribution in [0.25, 0.3) is 0 Å². The molecule has 2 fully saturated rings. The predicted molar refractivity (Wildman–Crippen MR) is 77.3 cm³/mol. The zero-order chi connectivity index (χ0) is 13.4. The van der Waals surface area contributed by atoms with Crippen LogP contribution in [0.3, 0.4) is 0 Å². The van der Waals surface area contributed by atoms with Crippen molar-refractivity contribution in [3.05, 3.63) is 48.3 Å². The third-order valence-corrected chi connectivity index (χ3v) is 4.87. The summed E-state index contributed by atoms with van der Waals surface area (Å²) >= 11 is 0. The molecule has 1 spiro atoms. The first-order chi connectivity index (χ1) is 9.83. The Labute approximate surface area is 119 Å². The van der Waals surface area contributed by atoms with E-state index in [1.54, 1.807) is 6.20 Å². The van der Waals surface area contributed by atoms with Crippen LogP contribution in [0.2, 0.25) is 0 Å². The van der Waals surface area contributed by atoms with Crippen molar-refractivity contribution in [1.29, 1.82) is 0 Å². The van der Waals surface area contributed by atoms with Crippen molar-refractivity contribution in [3.63, 3.8) is 0 Å². The molecule has 2 heterocycles. The number of likely N-dealkylation sites (tertiary alicyclic amines) is 1. The molecule has 2 aliphatic rings. The molecule has 1 aliphatic heterocycles. The highest BCUT2D eigenvalue weighted by Gasteiger charge is 2.51. The first-order valence-corrected chi connectivity index (χ1v) is 7.44. The van der Waals surface area contributed by atoms with Crippen LogP contribution in [0.1, 0.15) is 24.3 Å². The van der Waals surface area contributed by atoms with Gasteiger partial charge in [0, 0.05) is 25.8 Å². The molecule has 1 aromatic heterocycles. The number of benzene rings is 1. The van der Waals surface area contributed by atoms with Crippen LogP contribution in [0, 0.1) is 5.41 Å². The van der Waals surface area contributed by atoms with Crippen molar-refractivity contribution in [2.45, 2.75) is 25.3 Å². The number of nitrogens with zero attached hydrogens (tertiary/aromatic N) is 4. The fourth-order valence-corrected chi connectivity index (χ4v) is 3.86. The standard InChI is InChI=1S/C16H20N4/c1-2-4-14(5-3-1)15-10-16(11-15)12-19(13-16)8-9-20-7-6-17-18-20/h1-7,15H,8-13H2. The average molecular weight is 268 g/mol. The smallest absolute Gasteiger partial charge is 0.0692 e.